The van der Waals surface area contributed by atoms with E-state index in [1.807, 2.05) is 49.1 Å². The van der Waals surface area contributed by atoms with E-state index in [4.69, 9.17) is 0 Å². The molecule has 0 aliphatic carbocycles. The van der Waals surface area contributed by atoms with E-state index in [-0.39, 0.29) is 17.2 Å². The van der Waals surface area contributed by atoms with Gasteiger partial charge in [-0.25, -0.2) is 9.97 Å². The summed E-state index contributed by atoms with van der Waals surface area (Å²) in [5, 5.41) is 2.84. The van der Waals surface area contributed by atoms with Gasteiger partial charge >= 0.3 is 0 Å². The molecule has 1 fully saturated rings. The van der Waals surface area contributed by atoms with Crippen molar-refractivity contribution in [3.63, 3.8) is 0 Å². The largest absolute Gasteiger partial charge is 0.353 e. The van der Waals surface area contributed by atoms with Crippen LogP contribution in [0, 0.1) is 13.8 Å². The van der Waals surface area contributed by atoms with Crippen molar-refractivity contribution in [2.75, 3.05) is 31.1 Å². The van der Waals surface area contributed by atoms with Crippen LogP contribution in [0.1, 0.15) is 55.1 Å². The maximum Gasteiger partial charge on any atom is 0.251 e. The molecule has 1 unspecified atom stereocenters. The molecule has 7 heteroatoms. The maximum absolute atomic E-state index is 12.9. The van der Waals surface area contributed by atoms with Crippen molar-refractivity contribution in [3.8, 4) is 0 Å². The highest BCUT2D eigenvalue weighted by Gasteiger charge is 2.27. The number of hydrogen-bond donors (Lipinski definition) is 1. The Balaban J connectivity index is 1.55. The van der Waals surface area contributed by atoms with Crippen molar-refractivity contribution < 1.29 is 9.59 Å². The summed E-state index contributed by atoms with van der Waals surface area (Å²) >= 11 is 0. The molecular formula is C24H33N5O2. The molecule has 7 nitrogen and oxygen atoms in total. The summed E-state index contributed by atoms with van der Waals surface area (Å²) in [6.45, 7) is 14.6. The van der Waals surface area contributed by atoms with Crippen molar-refractivity contribution in [3.05, 3.63) is 53.0 Å². The smallest absolute Gasteiger partial charge is 0.251 e. The average Bonchev–Trinajstić information content (AvgIpc) is 2.72. The molecule has 1 aromatic heterocycles. The average molecular weight is 424 g/mol. The predicted molar refractivity (Wildman–Crippen MR) is 122 cm³/mol. The maximum atomic E-state index is 12.9. The molecule has 2 heterocycles. The summed E-state index contributed by atoms with van der Waals surface area (Å²) < 4.78 is 0. The van der Waals surface area contributed by atoms with Crippen LogP contribution in [0.2, 0.25) is 0 Å². The van der Waals surface area contributed by atoms with Crippen molar-refractivity contribution in [1.82, 2.24) is 20.2 Å². The van der Waals surface area contributed by atoms with Gasteiger partial charge in [0.1, 0.15) is 17.7 Å². The highest BCUT2D eigenvalue weighted by atomic mass is 16.2. The van der Waals surface area contributed by atoms with E-state index < -0.39 is 6.04 Å². The van der Waals surface area contributed by atoms with Crippen LogP contribution in [0.3, 0.4) is 0 Å². The van der Waals surface area contributed by atoms with Crippen LogP contribution in [0.15, 0.2) is 30.3 Å². The standard InChI is InChI=1S/C24H33N5O2/c1-16-15-21(27-18(3)25-16)28-11-13-29(14-12-28)23(31)17(2)26-22(30)19-7-9-20(10-8-19)24(4,5)6/h7-10,15,17H,11-14H2,1-6H3,(H,26,30). The lowest BCUT2D eigenvalue weighted by molar-refractivity contribution is -0.133. The van der Waals surface area contributed by atoms with E-state index >= 15 is 0 Å². The molecule has 0 radical (unpaired) electrons. The molecule has 0 spiro atoms. The second kappa shape index (κ2) is 9.04. The molecule has 1 atom stereocenters. The number of nitrogens with zero attached hydrogens (tertiary/aromatic N) is 4. The van der Waals surface area contributed by atoms with Gasteiger partial charge in [-0.1, -0.05) is 32.9 Å². The molecule has 0 bridgehead atoms. The Morgan fingerprint density at radius 1 is 1.00 bits per heavy atom. The molecule has 1 aliphatic rings. The Kier molecular flexibility index (Phi) is 6.62. The Hall–Kier alpha value is -2.96. The predicted octanol–water partition coefficient (Wildman–Crippen LogP) is 2.86. The molecule has 1 N–H and O–H groups in total. The highest BCUT2D eigenvalue weighted by Crippen LogP contribution is 2.22. The van der Waals surface area contributed by atoms with E-state index in [0.717, 1.165) is 17.3 Å². The summed E-state index contributed by atoms with van der Waals surface area (Å²) in [5.41, 5.74) is 2.70. The summed E-state index contributed by atoms with van der Waals surface area (Å²) in [6.07, 6.45) is 0. The van der Waals surface area contributed by atoms with Crippen LogP contribution in [-0.2, 0) is 10.2 Å². The first-order valence-electron chi connectivity index (χ1n) is 10.8. The number of nitrogens with one attached hydrogen (secondary N) is 1. The van der Waals surface area contributed by atoms with Gasteiger partial charge in [0.05, 0.1) is 0 Å². The first kappa shape index (κ1) is 22.7. The molecular weight excluding hydrogens is 390 g/mol. The van der Waals surface area contributed by atoms with E-state index in [0.29, 0.717) is 31.7 Å². The molecule has 3 rings (SSSR count). The van der Waals surface area contributed by atoms with Gasteiger partial charge in [-0.2, -0.15) is 0 Å². The number of hydrogen-bond acceptors (Lipinski definition) is 5. The number of benzene rings is 1. The number of anilines is 1. The summed E-state index contributed by atoms with van der Waals surface area (Å²) in [6, 6.07) is 8.96. The molecule has 0 saturated carbocycles. The Labute approximate surface area is 184 Å². The van der Waals surface area contributed by atoms with Crippen LogP contribution in [0.4, 0.5) is 5.82 Å². The monoisotopic (exact) mass is 423 g/mol. The number of aromatic nitrogens is 2. The molecule has 1 saturated heterocycles. The van der Waals surface area contributed by atoms with E-state index in [2.05, 4.69) is 41.0 Å². The third-order valence-corrected chi connectivity index (χ3v) is 5.60. The number of amides is 2. The zero-order valence-corrected chi connectivity index (χ0v) is 19.4. The van der Waals surface area contributed by atoms with Gasteiger partial charge in [-0.3, -0.25) is 9.59 Å². The Morgan fingerprint density at radius 3 is 2.16 bits per heavy atom. The van der Waals surface area contributed by atoms with Gasteiger partial charge < -0.3 is 15.1 Å². The van der Waals surface area contributed by atoms with Crippen LogP contribution in [-0.4, -0.2) is 58.9 Å². The number of carbonyl (C=O) groups is 2. The topological polar surface area (TPSA) is 78.4 Å². The van der Waals surface area contributed by atoms with E-state index in [1.54, 1.807) is 6.92 Å². The van der Waals surface area contributed by atoms with Crippen molar-refractivity contribution in [2.45, 2.75) is 53.0 Å². The zero-order chi connectivity index (χ0) is 22.8. The zero-order valence-electron chi connectivity index (χ0n) is 19.4. The summed E-state index contributed by atoms with van der Waals surface area (Å²) in [7, 11) is 0. The highest BCUT2D eigenvalue weighted by molar-refractivity contribution is 5.97. The van der Waals surface area contributed by atoms with Crippen molar-refractivity contribution >= 4 is 17.6 Å². The van der Waals surface area contributed by atoms with Crippen LogP contribution in [0.25, 0.3) is 0 Å². The minimum atomic E-state index is -0.579. The quantitative estimate of drug-likeness (QED) is 0.818. The second-order valence-corrected chi connectivity index (χ2v) is 9.25. The molecule has 31 heavy (non-hydrogen) atoms. The van der Waals surface area contributed by atoms with Gasteiger partial charge in [0.25, 0.3) is 5.91 Å². The number of carbonyl (C=O) groups excluding carboxylic acids is 2. The third-order valence-electron chi connectivity index (χ3n) is 5.60. The Bertz CT molecular complexity index is 921. The van der Waals surface area contributed by atoms with Crippen LogP contribution < -0.4 is 10.2 Å². The number of aryl methyl sites for hydroxylation is 2. The summed E-state index contributed by atoms with van der Waals surface area (Å²) in [5.74, 6) is 1.36. The van der Waals surface area contributed by atoms with Gasteiger partial charge in [0, 0.05) is 43.5 Å². The minimum absolute atomic E-state index is 0.0313. The second-order valence-electron chi connectivity index (χ2n) is 9.25. The fraction of sp³-hybridized carbons (Fsp3) is 0.500. The lowest BCUT2D eigenvalue weighted by Gasteiger charge is -2.36. The van der Waals surface area contributed by atoms with Crippen molar-refractivity contribution in [2.24, 2.45) is 0 Å². The molecule has 2 amide bonds. The molecule has 1 aliphatic heterocycles. The minimum Gasteiger partial charge on any atom is -0.353 e. The van der Waals surface area contributed by atoms with Gasteiger partial charge in [0.15, 0.2) is 0 Å². The Morgan fingerprint density at radius 2 is 1.61 bits per heavy atom. The first-order chi connectivity index (χ1) is 14.5. The van der Waals surface area contributed by atoms with Gasteiger partial charge in [0.2, 0.25) is 5.91 Å². The molecule has 2 aromatic rings. The first-order valence-corrected chi connectivity index (χ1v) is 10.8. The molecule has 1 aromatic carbocycles. The van der Waals surface area contributed by atoms with Crippen LogP contribution in [0.5, 0.6) is 0 Å². The lowest BCUT2D eigenvalue weighted by Crippen LogP contribution is -2.54. The fourth-order valence-corrected chi connectivity index (χ4v) is 3.75. The SMILES string of the molecule is Cc1cc(N2CCN(C(=O)C(C)NC(=O)c3ccc(C(C)(C)C)cc3)CC2)nc(C)n1. The van der Waals surface area contributed by atoms with Crippen molar-refractivity contribution in [1.29, 1.82) is 0 Å². The van der Waals surface area contributed by atoms with Crippen LogP contribution >= 0.6 is 0 Å². The third kappa shape index (κ3) is 5.60. The van der Waals surface area contributed by atoms with E-state index in [9.17, 15) is 9.59 Å². The lowest BCUT2D eigenvalue weighted by atomic mass is 9.86. The summed E-state index contributed by atoms with van der Waals surface area (Å²) in [4.78, 5) is 38.3. The number of rotatable bonds is 4. The molecule has 166 valence electrons. The fourth-order valence-electron chi connectivity index (χ4n) is 3.75. The van der Waals surface area contributed by atoms with Gasteiger partial charge in [-0.15, -0.1) is 0 Å². The normalized spacial score (nSPS) is 15.5. The van der Waals surface area contributed by atoms with E-state index in [1.165, 1.54) is 5.56 Å². The number of piperazine rings is 1. The van der Waals surface area contributed by atoms with Gasteiger partial charge in [-0.05, 0) is 43.9 Å².